The van der Waals surface area contributed by atoms with Crippen LogP contribution in [0.3, 0.4) is 0 Å². The van der Waals surface area contributed by atoms with Crippen molar-refractivity contribution in [1.82, 2.24) is 15.0 Å². The summed E-state index contributed by atoms with van der Waals surface area (Å²) >= 11 is 0. The summed E-state index contributed by atoms with van der Waals surface area (Å²) in [6.45, 7) is 2.94. The van der Waals surface area contributed by atoms with Crippen molar-refractivity contribution in [1.29, 1.82) is 0 Å². The maximum absolute atomic E-state index is 13.0. The molecule has 1 saturated heterocycles. The zero-order valence-corrected chi connectivity index (χ0v) is 16.7. The topological polar surface area (TPSA) is 68.5 Å². The van der Waals surface area contributed by atoms with Gasteiger partial charge in [-0.1, -0.05) is 17.3 Å². The summed E-state index contributed by atoms with van der Waals surface area (Å²) in [7, 11) is 0. The number of aromatic nitrogens is 2. The van der Waals surface area contributed by atoms with Crippen LogP contribution < -0.4 is 4.74 Å². The lowest BCUT2D eigenvalue weighted by atomic mass is 10.1. The molecule has 0 bridgehead atoms. The molecule has 0 radical (unpaired) electrons. The first kappa shape index (κ1) is 20.9. The maximum atomic E-state index is 13.0. The van der Waals surface area contributed by atoms with Gasteiger partial charge in [-0.05, 0) is 56.2 Å². The van der Waals surface area contributed by atoms with E-state index >= 15 is 0 Å². The predicted octanol–water partition coefficient (Wildman–Crippen LogP) is 5.13. The number of halogens is 3. The van der Waals surface area contributed by atoms with Gasteiger partial charge in [-0.15, -0.1) is 0 Å². The molecular formula is C22H20F3N3O3. The minimum atomic E-state index is -4.46. The number of carbonyl (C=O) groups excluding carboxylic acids is 1. The minimum Gasteiger partial charge on any atom is -0.494 e. The minimum absolute atomic E-state index is 0.0569. The van der Waals surface area contributed by atoms with E-state index in [1.54, 1.807) is 29.2 Å². The number of nitrogens with zero attached hydrogens (tertiary/aromatic N) is 3. The molecule has 31 heavy (non-hydrogen) atoms. The lowest BCUT2D eigenvalue weighted by molar-refractivity contribution is -0.137. The van der Waals surface area contributed by atoms with Crippen LogP contribution in [0.5, 0.6) is 5.75 Å². The quantitative estimate of drug-likeness (QED) is 0.560. The van der Waals surface area contributed by atoms with Crippen LogP contribution in [0.25, 0.3) is 11.4 Å². The lowest BCUT2D eigenvalue weighted by Gasteiger charge is -2.22. The molecule has 1 fully saturated rings. The van der Waals surface area contributed by atoms with E-state index in [-0.39, 0.29) is 23.2 Å². The summed E-state index contributed by atoms with van der Waals surface area (Å²) in [6.07, 6.45) is -3.07. The van der Waals surface area contributed by atoms with Crippen LogP contribution in [0.15, 0.2) is 53.1 Å². The summed E-state index contributed by atoms with van der Waals surface area (Å²) in [4.78, 5) is 18.9. The molecule has 0 unspecified atom stereocenters. The third-order valence-electron chi connectivity index (χ3n) is 5.10. The summed E-state index contributed by atoms with van der Waals surface area (Å²) < 4.78 is 49.7. The highest BCUT2D eigenvalue weighted by atomic mass is 19.4. The Bertz CT molecular complexity index is 1060. The average Bonchev–Trinajstić information content (AvgIpc) is 3.43. The average molecular weight is 431 g/mol. The second kappa shape index (κ2) is 8.41. The van der Waals surface area contributed by atoms with E-state index in [9.17, 15) is 18.0 Å². The number of likely N-dealkylation sites (tertiary alicyclic amines) is 1. The largest absolute Gasteiger partial charge is 0.494 e. The molecule has 0 saturated carbocycles. The molecule has 1 atom stereocenters. The molecule has 162 valence electrons. The third kappa shape index (κ3) is 4.40. The zero-order valence-electron chi connectivity index (χ0n) is 16.7. The SMILES string of the molecule is CCOc1ccc(C(=O)N2CCC[C@@H]2c2nc(-c3cccc(C(F)(F)F)c3)no2)cc1. The van der Waals surface area contributed by atoms with E-state index in [0.29, 0.717) is 30.9 Å². The highest BCUT2D eigenvalue weighted by molar-refractivity contribution is 5.94. The molecule has 1 aromatic heterocycles. The van der Waals surface area contributed by atoms with Crippen LogP contribution in [0.2, 0.25) is 0 Å². The Labute approximate surface area is 176 Å². The highest BCUT2D eigenvalue weighted by Gasteiger charge is 2.35. The number of ether oxygens (including phenoxy) is 1. The molecule has 1 aliphatic heterocycles. The Morgan fingerprint density at radius 2 is 2.00 bits per heavy atom. The second-order valence-electron chi connectivity index (χ2n) is 7.15. The Kier molecular flexibility index (Phi) is 5.67. The molecule has 6 nitrogen and oxygen atoms in total. The van der Waals surface area contributed by atoms with Gasteiger partial charge >= 0.3 is 6.18 Å². The van der Waals surface area contributed by atoms with Gasteiger partial charge in [0.15, 0.2) is 0 Å². The first-order valence-corrected chi connectivity index (χ1v) is 9.92. The van der Waals surface area contributed by atoms with Crippen molar-refractivity contribution in [2.75, 3.05) is 13.2 Å². The first-order chi connectivity index (χ1) is 14.9. The number of benzene rings is 2. The lowest BCUT2D eigenvalue weighted by Crippen LogP contribution is -2.30. The number of carbonyl (C=O) groups is 1. The van der Waals surface area contributed by atoms with Gasteiger partial charge in [0.2, 0.25) is 11.7 Å². The molecule has 3 aromatic rings. The van der Waals surface area contributed by atoms with Gasteiger partial charge in [0.1, 0.15) is 11.8 Å². The van der Waals surface area contributed by atoms with Crippen molar-refractivity contribution in [3.8, 4) is 17.1 Å². The van der Waals surface area contributed by atoms with Crippen molar-refractivity contribution in [2.24, 2.45) is 0 Å². The molecule has 2 aromatic carbocycles. The van der Waals surface area contributed by atoms with Crippen molar-refractivity contribution in [2.45, 2.75) is 32.0 Å². The smallest absolute Gasteiger partial charge is 0.416 e. The van der Waals surface area contributed by atoms with Gasteiger partial charge in [-0.2, -0.15) is 18.2 Å². The number of hydrogen-bond acceptors (Lipinski definition) is 5. The molecule has 0 spiro atoms. The van der Waals surface area contributed by atoms with Gasteiger partial charge < -0.3 is 14.2 Å². The summed E-state index contributed by atoms with van der Waals surface area (Å²) in [5.41, 5.74) is -0.0790. The van der Waals surface area contributed by atoms with E-state index in [4.69, 9.17) is 9.26 Å². The van der Waals surface area contributed by atoms with E-state index < -0.39 is 17.8 Å². The Morgan fingerprint density at radius 3 is 2.71 bits per heavy atom. The fraction of sp³-hybridized carbons (Fsp3) is 0.318. The molecule has 9 heteroatoms. The standard InChI is InChI=1S/C22H20F3N3O3/c1-2-30-17-10-8-14(9-11-17)21(29)28-12-4-7-18(28)20-26-19(27-31-20)15-5-3-6-16(13-15)22(23,24)25/h3,5-6,8-11,13,18H,2,4,7,12H2,1H3/t18-/m1/s1. The fourth-order valence-corrected chi connectivity index (χ4v) is 3.62. The van der Waals surface area contributed by atoms with Gasteiger partial charge in [-0.3, -0.25) is 4.79 Å². The van der Waals surface area contributed by atoms with E-state index in [0.717, 1.165) is 18.6 Å². The fourth-order valence-electron chi connectivity index (χ4n) is 3.62. The van der Waals surface area contributed by atoms with Crippen LogP contribution in [-0.4, -0.2) is 34.1 Å². The summed E-state index contributed by atoms with van der Waals surface area (Å²) in [5, 5.41) is 3.84. The highest BCUT2D eigenvalue weighted by Crippen LogP contribution is 2.35. The van der Waals surface area contributed by atoms with Crippen molar-refractivity contribution < 1.29 is 27.2 Å². The van der Waals surface area contributed by atoms with Gasteiger partial charge in [0.25, 0.3) is 5.91 Å². The van der Waals surface area contributed by atoms with E-state index in [1.807, 2.05) is 6.92 Å². The number of amides is 1. The predicted molar refractivity (Wildman–Crippen MR) is 105 cm³/mol. The van der Waals surface area contributed by atoms with Gasteiger partial charge in [-0.25, -0.2) is 0 Å². The number of alkyl halides is 3. The Balaban J connectivity index is 1.55. The molecule has 0 aliphatic carbocycles. The monoisotopic (exact) mass is 431 g/mol. The Hall–Kier alpha value is -3.36. The molecule has 1 aliphatic rings. The van der Waals surface area contributed by atoms with Crippen molar-refractivity contribution in [3.63, 3.8) is 0 Å². The van der Waals surface area contributed by atoms with E-state index in [2.05, 4.69) is 10.1 Å². The first-order valence-electron chi connectivity index (χ1n) is 9.92. The number of rotatable bonds is 5. The van der Waals surface area contributed by atoms with E-state index in [1.165, 1.54) is 12.1 Å². The molecule has 1 amide bonds. The number of hydrogen-bond donors (Lipinski definition) is 0. The van der Waals surface area contributed by atoms with Crippen molar-refractivity contribution >= 4 is 5.91 Å². The van der Waals surface area contributed by atoms with Crippen molar-refractivity contribution in [3.05, 3.63) is 65.5 Å². The summed E-state index contributed by atoms with van der Waals surface area (Å²) in [5.74, 6) is 0.773. The zero-order chi connectivity index (χ0) is 22.0. The maximum Gasteiger partial charge on any atom is 0.416 e. The molecule has 4 rings (SSSR count). The van der Waals surface area contributed by atoms with Crippen LogP contribution in [0.4, 0.5) is 13.2 Å². The molecular weight excluding hydrogens is 411 g/mol. The third-order valence-corrected chi connectivity index (χ3v) is 5.10. The second-order valence-corrected chi connectivity index (χ2v) is 7.15. The summed E-state index contributed by atoms with van der Waals surface area (Å²) in [6, 6.07) is 11.2. The van der Waals surface area contributed by atoms with Crippen LogP contribution >= 0.6 is 0 Å². The van der Waals surface area contributed by atoms with Crippen LogP contribution in [-0.2, 0) is 6.18 Å². The molecule has 0 N–H and O–H groups in total. The van der Waals surface area contributed by atoms with Crippen LogP contribution in [0, 0.1) is 0 Å². The van der Waals surface area contributed by atoms with Gasteiger partial charge in [0.05, 0.1) is 12.2 Å². The van der Waals surface area contributed by atoms with Gasteiger partial charge in [0, 0.05) is 17.7 Å². The Morgan fingerprint density at radius 1 is 1.23 bits per heavy atom. The molecule has 2 heterocycles. The van der Waals surface area contributed by atoms with Crippen LogP contribution in [0.1, 0.15) is 47.6 Å². The normalized spacial score (nSPS) is 16.5.